The zero-order valence-electron chi connectivity index (χ0n) is 10.7. The Bertz CT molecular complexity index is 521. The van der Waals surface area contributed by atoms with Gasteiger partial charge in [0.05, 0.1) is 10.3 Å². The van der Waals surface area contributed by atoms with Gasteiger partial charge in [-0.05, 0) is 18.6 Å². The van der Waals surface area contributed by atoms with Crippen LogP contribution in [-0.2, 0) is 0 Å². The molecule has 0 saturated heterocycles. The molecule has 5 heteroatoms. The zero-order valence-corrected chi connectivity index (χ0v) is 11.5. The smallest absolute Gasteiger partial charge is 0.127 e. The summed E-state index contributed by atoms with van der Waals surface area (Å²) in [5, 5.41) is 0.647. The largest absolute Gasteiger partial charge is 0.326 e. The first-order valence-corrected chi connectivity index (χ1v) is 7.03. The summed E-state index contributed by atoms with van der Waals surface area (Å²) < 4.78 is 13.9. The standard InChI is InChI=1S/C14H16FN3S/c1-2-12(16)14(10-5-3-4-6-11(10)15)19-13-7-8-17-9-18-13/h3-9,12,14H,2,16H2,1H3. The molecule has 2 atom stereocenters. The fourth-order valence-corrected chi connectivity index (χ4v) is 2.97. The van der Waals surface area contributed by atoms with Gasteiger partial charge in [-0.25, -0.2) is 14.4 Å². The van der Waals surface area contributed by atoms with Gasteiger partial charge in [-0.15, -0.1) is 0 Å². The molecule has 0 aliphatic rings. The van der Waals surface area contributed by atoms with Crippen LogP contribution in [0.3, 0.4) is 0 Å². The van der Waals surface area contributed by atoms with E-state index in [1.807, 2.05) is 13.0 Å². The number of nitrogens with zero attached hydrogens (tertiary/aromatic N) is 2. The third-order valence-electron chi connectivity index (χ3n) is 2.87. The van der Waals surface area contributed by atoms with E-state index in [0.717, 1.165) is 11.4 Å². The maximum Gasteiger partial charge on any atom is 0.127 e. The van der Waals surface area contributed by atoms with Crippen molar-refractivity contribution in [3.05, 3.63) is 54.2 Å². The lowest BCUT2D eigenvalue weighted by Gasteiger charge is -2.22. The number of halogens is 1. The van der Waals surface area contributed by atoms with E-state index >= 15 is 0 Å². The van der Waals surface area contributed by atoms with Crippen LogP contribution in [0, 0.1) is 5.82 Å². The molecule has 2 aromatic rings. The Morgan fingerprint density at radius 1 is 1.32 bits per heavy atom. The van der Waals surface area contributed by atoms with Crippen molar-refractivity contribution in [2.45, 2.75) is 29.7 Å². The Balaban J connectivity index is 2.29. The van der Waals surface area contributed by atoms with Crippen LogP contribution >= 0.6 is 11.8 Å². The number of benzene rings is 1. The Hall–Kier alpha value is -1.46. The summed E-state index contributed by atoms with van der Waals surface area (Å²) in [4.78, 5) is 8.04. The topological polar surface area (TPSA) is 51.8 Å². The molecule has 0 aliphatic heterocycles. The van der Waals surface area contributed by atoms with Crippen molar-refractivity contribution >= 4 is 11.8 Å². The fourth-order valence-electron chi connectivity index (χ4n) is 1.78. The molecule has 2 N–H and O–H groups in total. The second kappa shape index (κ2) is 6.63. The Morgan fingerprint density at radius 2 is 2.11 bits per heavy atom. The summed E-state index contributed by atoms with van der Waals surface area (Å²) in [7, 11) is 0. The SMILES string of the molecule is CCC(N)C(Sc1ccncn1)c1ccccc1F. The van der Waals surface area contributed by atoms with Crippen LogP contribution in [0.15, 0.2) is 47.9 Å². The van der Waals surface area contributed by atoms with Gasteiger partial charge in [0.25, 0.3) is 0 Å². The maximum absolute atomic E-state index is 13.9. The van der Waals surface area contributed by atoms with Gasteiger partial charge in [-0.3, -0.25) is 0 Å². The molecule has 0 amide bonds. The fraction of sp³-hybridized carbons (Fsp3) is 0.286. The Labute approximate surface area is 116 Å². The molecule has 0 saturated carbocycles. The lowest BCUT2D eigenvalue weighted by molar-refractivity contribution is 0.572. The predicted octanol–water partition coefficient (Wildman–Crippen LogP) is 3.19. The van der Waals surface area contributed by atoms with Crippen LogP contribution < -0.4 is 5.73 Å². The van der Waals surface area contributed by atoms with Gasteiger partial charge in [0, 0.05) is 17.8 Å². The minimum absolute atomic E-state index is 0.128. The maximum atomic E-state index is 13.9. The summed E-state index contributed by atoms with van der Waals surface area (Å²) in [6, 6.07) is 8.43. The van der Waals surface area contributed by atoms with Crippen molar-refractivity contribution in [1.29, 1.82) is 0 Å². The molecular weight excluding hydrogens is 261 g/mol. The molecule has 2 unspecified atom stereocenters. The summed E-state index contributed by atoms with van der Waals surface area (Å²) in [6.45, 7) is 2.00. The summed E-state index contributed by atoms with van der Waals surface area (Å²) in [6.07, 6.45) is 3.93. The number of hydrogen-bond acceptors (Lipinski definition) is 4. The van der Waals surface area contributed by atoms with Gasteiger partial charge in [-0.2, -0.15) is 0 Å². The van der Waals surface area contributed by atoms with Crippen molar-refractivity contribution in [1.82, 2.24) is 9.97 Å². The van der Waals surface area contributed by atoms with E-state index in [1.54, 1.807) is 24.4 Å². The van der Waals surface area contributed by atoms with E-state index in [4.69, 9.17) is 5.73 Å². The van der Waals surface area contributed by atoms with Gasteiger partial charge in [0.1, 0.15) is 12.1 Å². The Kier molecular flexibility index (Phi) is 4.87. The number of rotatable bonds is 5. The van der Waals surface area contributed by atoms with Crippen LogP contribution in [-0.4, -0.2) is 16.0 Å². The lowest BCUT2D eigenvalue weighted by atomic mass is 10.0. The minimum atomic E-state index is -0.224. The van der Waals surface area contributed by atoms with Crippen LogP contribution in [0.25, 0.3) is 0 Å². The number of hydrogen-bond donors (Lipinski definition) is 1. The van der Waals surface area contributed by atoms with E-state index in [2.05, 4.69) is 9.97 Å². The third-order valence-corrected chi connectivity index (χ3v) is 4.21. The third kappa shape index (κ3) is 3.52. The first-order chi connectivity index (χ1) is 9.22. The van der Waals surface area contributed by atoms with Crippen LogP contribution in [0.4, 0.5) is 4.39 Å². The summed E-state index contributed by atoms with van der Waals surface area (Å²) >= 11 is 1.47. The number of aromatic nitrogens is 2. The van der Waals surface area contributed by atoms with E-state index < -0.39 is 0 Å². The van der Waals surface area contributed by atoms with E-state index in [9.17, 15) is 4.39 Å². The molecule has 3 nitrogen and oxygen atoms in total. The number of thioether (sulfide) groups is 1. The molecule has 1 aromatic carbocycles. The molecule has 0 radical (unpaired) electrons. The Morgan fingerprint density at radius 3 is 2.74 bits per heavy atom. The van der Waals surface area contributed by atoms with Crippen LogP contribution in [0.1, 0.15) is 24.2 Å². The van der Waals surface area contributed by atoms with Crippen molar-refractivity contribution in [2.75, 3.05) is 0 Å². The monoisotopic (exact) mass is 277 g/mol. The molecular formula is C14H16FN3S. The quantitative estimate of drug-likeness (QED) is 0.673. The molecule has 100 valence electrons. The van der Waals surface area contributed by atoms with Crippen molar-refractivity contribution in [3.63, 3.8) is 0 Å². The summed E-state index contributed by atoms with van der Waals surface area (Å²) in [5.41, 5.74) is 6.76. The van der Waals surface area contributed by atoms with Gasteiger partial charge in [0.2, 0.25) is 0 Å². The van der Waals surface area contributed by atoms with Gasteiger partial charge in [-0.1, -0.05) is 36.9 Å². The average molecular weight is 277 g/mol. The van der Waals surface area contributed by atoms with E-state index in [1.165, 1.54) is 24.2 Å². The van der Waals surface area contributed by atoms with Crippen LogP contribution in [0.2, 0.25) is 0 Å². The van der Waals surface area contributed by atoms with Crippen LogP contribution in [0.5, 0.6) is 0 Å². The molecule has 19 heavy (non-hydrogen) atoms. The second-order valence-corrected chi connectivity index (χ2v) is 5.34. The van der Waals surface area contributed by atoms with E-state index in [0.29, 0.717) is 5.56 Å². The zero-order chi connectivity index (χ0) is 13.7. The van der Waals surface area contributed by atoms with Gasteiger partial charge >= 0.3 is 0 Å². The number of nitrogens with two attached hydrogens (primary N) is 1. The first-order valence-electron chi connectivity index (χ1n) is 6.15. The minimum Gasteiger partial charge on any atom is -0.326 e. The molecule has 0 aliphatic carbocycles. The molecule has 0 bridgehead atoms. The molecule has 0 fully saturated rings. The summed E-state index contributed by atoms with van der Waals surface area (Å²) in [5.74, 6) is -0.224. The molecule has 1 heterocycles. The normalized spacial score (nSPS) is 14.1. The second-order valence-electron chi connectivity index (χ2n) is 4.18. The van der Waals surface area contributed by atoms with E-state index in [-0.39, 0.29) is 17.1 Å². The highest BCUT2D eigenvalue weighted by Crippen LogP contribution is 2.37. The highest BCUT2D eigenvalue weighted by Gasteiger charge is 2.23. The highest BCUT2D eigenvalue weighted by molar-refractivity contribution is 7.99. The lowest BCUT2D eigenvalue weighted by Crippen LogP contribution is -2.26. The molecule has 0 spiro atoms. The average Bonchev–Trinajstić information content (AvgIpc) is 2.46. The molecule has 2 rings (SSSR count). The highest BCUT2D eigenvalue weighted by atomic mass is 32.2. The van der Waals surface area contributed by atoms with Crippen molar-refractivity contribution in [2.24, 2.45) is 5.73 Å². The first kappa shape index (κ1) is 14.0. The predicted molar refractivity (Wildman–Crippen MR) is 75.3 cm³/mol. The van der Waals surface area contributed by atoms with Crippen molar-refractivity contribution < 1.29 is 4.39 Å². The molecule has 1 aromatic heterocycles. The van der Waals surface area contributed by atoms with Gasteiger partial charge < -0.3 is 5.73 Å². The van der Waals surface area contributed by atoms with Gasteiger partial charge in [0.15, 0.2) is 0 Å². The van der Waals surface area contributed by atoms with Crippen molar-refractivity contribution in [3.8, 4) is 0 Å².